The molecular formula is C13H16F3NO. The maximum atomic E-state index is 12.5. The van der Waals surface area contributed by atoms with E-state index in [1.54, 1.807) is 13.0 Å². The van der Waals surface area contributed by atoms with Gasteiger partial charge >= 0.3 is 6.18 Å². The molecule has 5 heteroatoms. The molecule has 1 unspecified atom stereocenters. The van der Waals surface area contributed by atoms with Gasteiger partial charge in [-0.3, -0.25) is 0 Å². The van der Waals surface area contributed by atoms with Crippen LogP contribution in [0.25, 0.3) is 0 Å². The minimum Gasteiger partial charge on any atom is -0.372 e. The van der Waals surface area contributed by atoms with Gasteiger partial charge in [0.2, 0.25) is 0 Å². The number of nitrogens with one attached hydrogen (secondary N) is 1. The van der Waals surface area contributed by atoms with E-state index in [-0.39, 0.29) is 0 Å². The van der Waals surface area contributed by atoms with Gasteiger partial charge in [-0.25, -0.2) is 0 Å². The van der Waals surface area contributed by atoms with E-state index in [4.69, 9.17) is 4.74 Å². The normalized spacial score (nSPS) is 16.7. The van der Waals surface area contributed by atoms with Crippen molar-refractivity contribution in [1.82, 2.24) is 5.32 Å². The zero-order valence-corrected chi connectivity index (χ0v) is 10.2. The first-order valence-electron chi connectivity index (χ1n) is 5.99. The predicted octanol–water partition coefficient (Wildman–Crippen LogP) is 3.32. The third-order valence-corrected chi connectivity index (χ3v) is 3.03. The van der Waals surface area contributed by atoms with Crippen LogP contribution in [0.15, 0.2) is 18.2 Å². The highest BCUT2D eigenvalue weighted by Crippen LogP contribution is 2.31. The molecule has 0 bridgehead atoms. The average molecular weight is 259 g/mol. The molecule has 0 amide bonds. The molecule has 0 saturated carbocycles. The van der Waals surface area contributed by atoms with Crippen molar-refractivity contribution >= 4 is 0 Å². The number of rotatable bonds is 4. The fourth-order valence-corrected chi connectivity index (χ4v) is 2.19. The van der Waals surface area contributed by atoms with Gasteiger partial charge in [-0.1, -0.05) is 25.1 Å². The minimum absolute atomic E-state index is 0.494. The Morgan fingerprint density at radius 2 is 2.00 bits per heavy atom. The van der Waals surface area contributed by atoms with Crippen LogP contribution in [0.4, 0.5) is 13.2 Å². The second-order valence-corrected chi connectivity index (χ2v) is 4.45. The third-order valence-electron chi connectivity index (χ3n) is 3.03. The van der Waals surface area contributed by atoms with Crippen molar-refractivity contribution in [3.63, 3.8) is 0 Å². The van der Waals surface area contributed by atoms with E-state index in [9.17, 15) is 13.2 Å². The van der Waals surface area contributed by atoms with Crippen LogP contribution in [0.3, 0.4) is 0 Å². The zero-order valence-electron chi connectivity index (χ0n) is 10.2. The van der Waals surface area contributed by atoms with Gasteiger partial charge in [0.25, 0.3) is 0 Å². The van der Waals surface area contributed by atoms with E-state index in [2.05, 4.69) is 5.32 Å². The molecule has 0 aromatic heterocycles. The van der Waals surface area contributed by atoms with Crippen molar-refractivity contribution in [2.24, 2.45) is 0 Å². The number of ether oxygens (including phenoxy) is 1. The van der Waals surface area contributed by atoms with E-state index in [0.29, 0.717) is 25.3 Å². The van der Waals surface area contributed by atoms with Gasteiger partial charge in [-0.15, -0.1) is 0 Å². The van der Waals surface area contributed by atoms with Crippen LogP contribution >= 0.6 is 0 Å². The Morgan fingerprint density at radius 3 is 2.67 bits per heavy atom. The summed E-state index contributed by atoms with van der Waals surface area (Å²) >= 11 is 0. The highest BCUT2D eigenvalue weighted by Gasteiger charge is 2.32. The van der Waals surface area contributed by atoms with Crippen molar-refractivity contribution < 1.29 is 17.9 Å². The summed E-state index contributed by atoms with van der Waals surface area (Å²) in [5.41, 5.74) is 2.75. The van der Waals surface area contributed by atoms with Crippen LogP contribution in [-0.2, 0) is 18.0 Å². The lowest BCUT2D eigenvalue weighted by Gasteiger charge is -2.20. The number of alkyl halides is 3. The topological polar surface area (TPSA) is 21.3 Å². The van der Waals surface area contributed by atoms with Crippen LogP contribution in [0, 0.1) is 0 Å². The summed E-state index contributed by atoms with van der Waals surface area (Å²) in [4.78, 5) is 0. The molecule has 1 aromatic carbocycles. The van der Waals surface area contributed by atoms with Gasteiger partial charge in [0.05, 0.1) is 19.6 Å². The standard InChI is InChI=1S/C13H16F3NO/c1-2-17-12(6-13(14,15)16)9-3-4-10-7-18-8-11(10)5-9/h3-5,12,17H,2,6-8H2,1H3. The SMILES string of the molecule is CCNC(CC(F)(F)F)c1ccc2c(c1)COC2. The zero-order chi connectivity index (χ0) is 13.2. The van der Waals surface area contributed by atoms with Crippen LogP contribution in [0.2, 0.25) is 0 Å². The molecule has 1 N–H and O–H groups in total. The molecule has 0 spiro atoms. The van der Waals surface area contributed by atoms with Crippen LogP contribution < -0.4 is 5.32 Å². The fraction of sp³-hybridized carbons (Fsp3) is 0.538. The first-order chi connectivity index (χ1) is 8.49. The molecule has 2 rings (SSSR count). The van der Waals surface area contributed by atoms with Gasteiger partial charge in [0.15, 0.2) is 0 Å². The molecule has 0 radical (unpaired) electrons. The molecule has 1 heterocycles. The molecule has 1 aromatic rings. The number of hydrogen-bond acceptors (Lipinski definition) is 2. The number of hydrogen-bond donors (Lipinski definition) is 1. The first kappa shape index (κ1) is 13.4. The summed E-state index contributed by atoms with van der Waals surface area (Å²) < 4.78 is 42.8. The van der Waals surface area contributed by atoms with E-state index < -0.39 is 18.6 Å². The number of halogens is 3. The quantitative estimate of drug-likeness (QED) is 0.895. The summed E-state index contributed by atoms with van der Waals surface area (Å²) in [6, 6.07) is 4.76. The number of benzene rings is 1. The van der Waals surface area contributed by atoms with E-state index in [1.165, 1.54) is 0 Å². The van der Waals surface area contributed by atoms with Gasteiger partial charge in [-0.05, 0) is 23.2 Å². The average Bonchev–Trinajstić information content (AvgIpc) is 2.73. The lowest BCUT2D eigenvalue weighted by atomic mass is 9.99. The highest BCUT2D eigenvalue weighted by atomic mass is 19.4. The largest absolute Gasteiger partial charge is 0.390 e. The van der Waals surface area contributed by atoms with Crippen molar-refractivity contribution in [3.05, 3.63) is 34.9 Å². The Hall–Kier alpha value is -1.07. The summed E-state index contributed by atoms with van der Waals surface area (Å²) in [5.74, 6) is 0. The van der Waals surface area contributed by atoms with Crippen LogP contribution in [0.5, 0.6) is 0 Å². The maximum Gasteiger partial charge on any atom is 0.390 e. The number of fused-ring (bicyclic) bond motifs is 1. The monoisotopic (exact) mass is 259 g/mol. The lowest BCUT2D eigenvalue weighted by molar-refractivity contribution is -0.140. The third kappa shape index (κ3) is 3.23. The van der Waals surface area contributed by atoms with Crippen molar-refractivity contribution in [1.29, 1.82) is 0 Å². The van der Waals surface area contributed by atoms with E-state index in [0.717, 1.165) is 11.1 Å². The Labute approximate surface area is 104 Å². The van der Waals surface area contributed by atoms with Gasteiger partial charge < -0.3 is 10.1 Å². The molecule has 100 valence electrons. The Bertz CT molecular complexity index is 417. The second kappa shape index (κ2) is 5.28. The molecule has 0 aliphatic carbocycles. The summed E-state index contributed by atoms with van der Waals surface area (Å²) in [5, 5.41) is 2.89. The first-order valence-corrected chi connectivity index (χ1v) is 5.99. The smallest absolute Gasteiger partial charge is 0.372 e. The molecule has 18 heavy (non-hydrogen) atoms. The molecule has 0 saturated heterocycles. The maximum absolute atomic E-state index is 12.5. The molecule has 2 nitrogen and oxygen atoms in total. The van der Waals surface area contributed by atoms with Crippen molar-refractivity contribution in [3.8, 4) is 0 Å². The Morgan fingerprint density at radius 1 is 1.28 bits per heavy atom. The summed E-state index contributed by atoms with van der Waals surface area (Å²) in [7, 11) is 0. The summed E-state index contributed by atoms with van der Waals surface area (Å²) in [6.45, 7) is 3.36. The van der Waals surface area contributed by atoms with E-state index in [1.807, 2.05) is 12.1 Å². The fourth-order valence-electron chi connectivity index (χ4n) is 2.19. The summed E-state index contributed by atoms with van der Waals surface area (Å²) in [6.07, 6.45) is -5.01. The predicted molar refractivity (Wildman–Crippen MR) is 62.0 cm³/mol. The minimum atomic E-state index is -4.16. The molecule has 1 atom stereocenters. The molecule has 1 aliphatic heterocycles. The van der Waals surface area contributed by atoms with Crippen LogP contribution in [0.1, 0.15) is 36.1 Å². The highest BCUT2D eigenvalue weighted by molar-refractivity contribution is 5.34. The van der Waals surface area contributed by atoms with Gasteiger partial charge in [0, 0.05) is 6.04 Å². The van der Waals surface area contributed by atoms with Crippen molar-refractivity contribution in [2.45, 2.75) is 38.8 Å². The molecular weight excluding hydrogens is 243 g/mol. The van der Waals surface area contributed by atoms with Crippen LogP contribution in [-0.4, -0.2) is 12.7 Å². The van der Waals surface area contributed by atoms with Crippen molar-refractivity contribution in [2.75, 3.05) is 6.54 Å². The van der Waals surface area contributed by atoms with Gasteiger partial charge in [0.1, 0.15) is 0 Å². The molecule has 0 fully saturated rings. The Balaban J connectivity index is 2.20. The lowest BCUT2D eigenvalue weighted by Crippen LogP contribution is -2.26. The second-order valence-electron chi connectivity index (χ2n) is 4.45. The van der Waals surface area contributed by atoms with Gasteiger partial charge in [-0.2, -0.15) is 13.2 Å². The molecule has 1 aliphatic rings. The van der Waals surface area contributed by atoms with E-state index >= 15 is 0 Å². The Kier molecular flexibility index (Phi) is 3.92.